The number of anilines is 1. The van der Waals surface area contributed by atoms with Crippen molar-refractivity contribution in [1.29, 1.82) is 0 Å². The van der Waals surface area contributed by atoms with Crippen molar-refractivity contribution >= 4 is 45.8 Å². The predicted octanol–water partition coefficient (Wildman–Crippen LogP) is 7.67. The Labute approximate surface area is 219 Å². The van der Waals surface area contributed by atoms with E-state index in [1.54, 1.807) is 18.2 Å². The molecule has 1 aromatic heterocycles. The molecule has 1 aliphatic rings. The number of carbonyl (C=O) groups is 1. The predicted molar refractivity (Wildman–Crippen MR) is 148 cm³/mol. The van der Waals surface area contributed by atoms with Crippen molar-refractivity contribution in [1.82, 2.24) is 15.3 Å². The van der Waals surface area contributed by atoms with Crippen molar-refractivity contribution in [3.8, 4) is 11.4 Å². The van der Waals surface area contributed by atoms with Crippen LogP contribution in [-0.4, -0.2) is 15.9 Å². The lowest BCUT2D eigenvalue weighted by Crippen LogP contribution is -2.12. The van der Waals surface area contributed by atoms with Gasteiger partial charge in [0.15, 0.2) is 0 Å². The summed E-state index contributed by atoms with van der Waals surface area (Å²) in [5.74, 6) is 0.509. The molecule has 4 aromatic rings. The number of imidazole rings is 1. The van der Waals surface area contributed by atoms with E-state index < -0.39 is 0 Å². The van der Waals surface area contributed by atoms with E-state index in [1.807, 2.05) is 18.2 Å². The van der Waals surface area contributed by atoms with Gasteiger partial charge >= 0.3 is 0 Å². The van der Waals surface area contributed by atoms with Crippen LogP contribution in [0.1, 0.15) is 28.8 Å². The maximum atomic E-state index is 12.6. The quantitative estimate of drug-likeness (QED) is 0.231. The molecule has 0 spiro atoms. The summed E-state index contributed by atoms with van der Waals surface area (Å²) in [5, 5.41) is 7.15. The van der Waals surface area contributed by atoms with Crippen LogP contribution >= 0.6 is 23.2 Å². The summed E-state index contributed by atoms with van der Waals surface area (Å²) in [5.41, 5.74) is 6.13. The summed E-state index contributed by atoms with van der Waals surface area (Å²) in [6.07, 6.45) is 12.6. The van der Waals surface area contributed by atoms with E-state index >= 15 is 0 Å². The average Bonchev–Trinajstić information content (AvgIpc) is 3.29. The fourth-order valence-corrected chi connectivity index (χ4v) is 4.21. The standard InChI is InChI=1S/C29H24Cl2N4O/c30-24-14-12-21(16-25(24)31)29(36)33-23-13-15-26-27(17-23)35-28(34-26)20-10-8-19(9-11-20)18-32-22-6-4-2-1-3-5-7-22/h2-6,8-17,32H,1,7,18H2,(H,33,36)(H,34,35)/b4-2-,5-3-,22-6+. The fraction of sp³-hybridized carbons (Fsp3) is 0.103. The van der Waals surface area contributed by atoms with Crippen molar-refractivity contribution in [2.45, 2.75) is 19.4 Å². The second-order valence-corrected chi connectivity index (χ2v) is 9.30. The van der Waals surface area contributed by atoms with E-state index in [9.17, 15) is 4.79 Å². The van der Waals surface area contributed by atoms with E-state index in [2.05, 4.69) is 70.3 Å². The lowest BCUT2D eigenvalue weighted by Gasteiger charge is -2.10. The Balaban J connectivity index is 1.26. The summed E-state index contributed by atoms with van der Waals surface area (Å²) >= 11 is 12.0. The second kappa shape index (κ2) is 10.9. The van der Waals surface area contributed by atoms with Gasteiger partial charge in [0.05, 0.1) is 21.1 Å². The minimum Gasteiger partial charge on any atom is -0.384 e. The third-order valence-electron chi connectivity index (χ3n) is 5.88. The van der Waals surface area contributed by atoms with Crippen LogP contribution in [0.2, 0.25) is 10.0 Å². The van der Waals surface area contributed by atoms with Crippen LogP contribution < -0.4 is 10.6 Å². The SMILES string of the molecule is O=C(Nc1ccc2nc(-c3ccc(CN/C4=C/C=C\C/C=C\C4)cc3)[nH]c2c1)c1ccc(Cl)c(Cl)c1. The van der Waals surface area contributed by atoms with Crippen LogP contribution in [0.15, 0.2) is 96.7 Å². The first-order valence-electron chi connectivity index (χ1n) is 11.7. The lowest BCUT2D eigenvalue weighted by molar-refractivity contribution is 0.102. The Morgan fingerprint density at radius 1 is 0.944 bits per heavy atom. The molecular formula is C29H24Cl2N4O. The molecule has 0 fully saturated rings. The monoisotopic (exact) mass is 514 g/mol. The molecule has 5 rings (SSSR count). The number of nitrogens with zero attached hydrogens (tertiary/aromatic N) is 1. The Hall–Kier alpha value is -3.80. The van der Waals surface area contributed by atoms with Crippen LogP contribution in [0.4, 0.5) is 5.69 Å². The summed E-state index contributed by atoms with van der Waals surface area (Å²) < 4.78 is 0. The molecule has 1 amide bonds. The van der Waals surface area contributed by atoms with Crippen LogP contribution in [0.5, 0.6) is 0 Å². The second-order valence-electron chi connectivity index (χ2n) is 8.48. The summed E-state index contributed by atoms with van der Waals surface area (Å²) in [4.78, 5) is 20.7. The number of hydrogen-bond acceptors (Lipinski definition) is 3. The first kappa shape index (κ1) is 23.9. The molecule has 0 bridgehead atoms. The number of amides is 1. The van der Waals surface area contributed by atoms with E-state index in [-0.39, 0.29) is 5.91 Å². The van der Waals surface area contributed by atoms with Gasteiger partial charge in [-0.25, -0.2) is 4.98 Å². The zero-order valence-corrected chi connectivity index (χ0v) is 20.9. The van der Waals surface area contributed by atoms with Crippen LogP contribution in [0.25, 0.3) is 22.4 Å². The molecule has 1 aliphatic carbocycles. The molecular weight excluding hydrogens is 491 g/mol. The van der Waals surface area contributed by atoms with E-state index in [0.717, 1.165) is 41.8 Å². The van der Waals surface area contributed by atoms with Crippen LogP contribution in [0, 0.1) is 0 Å². The maximum absolute atomic E-state index is 12.6. The molecule has 0 radical (unpaired) electrons. The number of nitrogens with one attached hydrogen (secondary N) is 3. The molecule has 0 aliphatic heterocycles. The molecule has 0 unspecified atom stereocenters. The Kier molecular flexibility index (Phi) is 7.21. The molecule has 0 saturated carbocycles. The number of halogens is 2. The smallest absolute Gasteiger partial charge is 0.255 e. The van der Waals surface area contributed by atoms with Crippen molar-refractivity contribution in [2.24, 2.45) is 0 Å². The topological polar surface area (TPSA) is 69.8 Å². The largest absolute Gasteiger partial charge is 0.384 e. The van der Waals surface area contributed by atoms with Crippen molar-refractivity contribution in [3.05, 3.63) is 118 Å². The molecule has 3 aromatic carbocycles. The number of hydrogen-bond donors (Lipinski definition) is 3. The van der Waals surface area contributed by atoms with Crippen LogP contribution in [-0.2, 0) is 6.54 Å². The van der Waals surface area contributed by atoms with E-state index in [1.165, 1.54) is 11.3 Å². The van der Waals surface area contributed by atoms with Gasteiger partial charge in [0, 0.05) is 35.5 Å². The maximum Gasteiger partial charge on any atom is 0.255 e. The Morgan fingerprint density at radius 2 is 1.81 bits per heavy atom. The molecule has 3 N–H and O–H groups in total. The zero-order valence-electron chi connectivity index (χ0n) is 19.4. The molecule has 5 nitrogen and oxygen atoms in total. The minimum atomic E-state index is -0.265. The molecule has 180 valence electrons. The van der Waals surface area contributed by atoms with E-state index in [4.69, 9.17) is 28.2 Å². The molecule has 0 atom stereocenters. The normalized spacial score (nSPS) is 16.4. The highest BCUT2D eigenvalue weighted by Crippen LogP contribution is 2.25. The van der Waals surface area contributed by atoms with Gasteiger partial charge in [-0.2, -0.15) is 0 Å². The lowest BCUT2D eigenvalue weighted by atomic mass is 10.1. The number of rotatable bonds is 6. The zero-order chi connectivity index (χ0) is 24.9. The average molecular weight is 515 g/mol. The van der Waals surface area contributed by atoms with Crippen LogP contribution in [0.3, 0.4) is 0 Å². The number of carbonyl (C=O) groups excluding carboxylic acids is 1. The number of benzene rings is 3. The summed E-state index contributed by atoms with van der Waals surface area (Å²) in [6.45, 7) is 0.760. The number of allylic oxidation sites excluding steroid dienone is 5. The van der Waals surface area contributed by atoms with Crippen molar-refractivity contribution in [2.75, 3.05) is 5.32 Å². The van der Waals surface area contributed by atoms with Gasteiger partial charge in [-0.1, -0.05) is 71.8 Å². The first-order chi connectivity index (χ1) is 17.5. The number of fused-ring (bicyclic) bond motifs is 1. The molecule has 1 heterocycles. The Morgan fingerprint density at radius 3 is 2.64 bits per heavy atom. The van der Waals surface area contributed by atoms with E-state index in [0.29, 0.717) is 21.3 Å². The van der Waals surface area contributed by atoms with Crippen molar-refractivity contribution in [3.63, 3.8) is 0 Å². The van der Waals surface area contributed by atoms with Crippen molar-refractivity contribution < 1.29 is 4.79 Å². The molecule has 36 heavy (non-hydrogen) atoms. The fourth-order valence-electron chi connectivity index (χ4n) is 3.91. The molecule has 0 saturated heterocycles. The molecule has 7 heteroatoms. The third kappa shape index (κ3) is 5.70. The number of aromatic amines is 1. The summed E-state index contributed by atoms with van der Waals surface area (Å²) in [7, 11) is 0. The Bertz CT molecular complexity index is 1500. The minimum absolute atomic E-state index is 0.265. The number of aromatic nitrogens is 2. The van der Waals surface area contributed by atoms with Gasteiger partial charge in [0.2, 0.25) is 0 Å². The van der Waals surface area contributed by atoms with Gasteiger partial charge in [-0.15, -0.1) is 0 Å². The first-order valence-corrected chi connectivity index (χ1v) is 12.4. The van der Waals surface area contributed by atoms with Gasteiger partial charge in [0.1, 0.15) is 5.82 Å². The van der Waals surface area contributed by atoms with Gasteiger partial charge in [0.25, 0.3) is 5.91 Å². The third-order valence-corrected chi connectivity index (χ3v) is 6.62. The highest BCUT2D eigenvalue weighted by atomic mass is 35.5. The highest BCUT2D eigenvalue weighted by Gasteiger charge is 2.11. The van der Waals surface area contributed by atoms with Gasteiger partial charge in [-0.3, -0.25) is 4.79 Å². The number of H-pyrrole nitrogens is 1. The highest BCUT2D eigenvalue weighted by molar-refractivity contribution is 6.42. The summed E-state index contributed by atoms with van der Waals surface area (Å²) in [6, 6.07) is 18.7. The van der Waals surface area contributed by atoms with Gasteiger partial charge < -0.3 is 15.6 Å². The van der Waals surface area contributed by atoms with Gasteiger partial charge in [-0.05, 0) is 54.5 Å².